The van der Waals surface area contributed by atoms with Crippen LogP contribution in [0.5, 0.6) is 0 Å². The molecule has 0 atom stereocenters. The normalized spacial score (nSPS) is 10.1. The van der Waals surface area contributed by atoms with Gasteiger partial charge in [0.05, 0.1) is 11.3 Å². The second-order valence-corrected chi connectivity index (χ2v) is 6.02. The third-order valence-corrected chi connectivity index (χ3v) is 3.96. The van der Waals surface area contributed by atoms with E-state index in [9.17, 15) is 4.39 Å². The van der Waals surface area contributed by atoms with Crippen LogP contribution in [0, 0.1) is 17.7 Å². The number of halogens is 1. The molecule has 7 heteroatoms. The summed E-state index contributed by atoms with van der Waals surface area (Å²) in [5.74, 6) is 6.14. The van der Waals surface area contributed by atoms with Crippen molar-refractivity contribution >= 4 is 17.5 Å². The maximum Gasteiger partial charge on any atom is 0.229 e. The van der Waals surface area contributed by atoms with E-state index in [1.807, 2.05) is 42.5 Å². The quantitative estimate of drug-likeness (QED) is 0.524. The smallest absolute Gasteiger partial charge is 0.229 e. The zero-order valence-corrected chi connectivity index (χ0v) is 15.2. The number of aromatic nitrogens is 4. The molecule has 3 N–H and O–H groups in total. The lowest BCUT2D eigenvalue weighted by Gasteiger charge is -2.08. The molecule has 0 aliphatic carbocycles. The third kappa shape index (κ3) is 4.51. The summed E-state index contributed by atoms with van der Waals surface area (Å²) in [5, 5.41) is 3.10. The number of hydrogen-bond acceptors (Lipinski definition) is 6. The lowest BCUT2D eigenvalue weighted by atomic mass is 10.2. The molecule has 0 saturated heterocycles. The number of benzene rings is 1. The Morgan fingerprint density at radius 1 is 0.897 bits per heavy atom. The van der Waals surface area contributed by atoms with Crippen LogP contribution in [0.1, 0.15) is 11.3 Å². The molecule has 0 radical (unpaired) electrons. The monoisotopic (exact) mass is 382 g/mol. The van der Waals surface area contributed by atoms with E-state index >= 15 is 0 Å². The first-order valence-electron chi connectivity index (χ1n) is 8.72. The standard InChI is InChI=1S/C22H15FN6/c23-16-10-12-25-18(13-16)9-6-15-4-7-17(8-5-15)28-22-27-14-19(21(24)29-22)20-3-1-2-11-26-20/h1-5,7-8,10-14H,(H3,24,27,28,29). The Morgan fingerprint density at radius 3 is 2.48 bits per heavy atom. The zero-order chi connectivity index (χ0) is 20.1. The molecular weight excluding hydrogens is 367 g/mol. The number of anilines is 3. The Bertz CT molecular complexity index is 1200. The Labute approximate surface area is 166 Å². The van der Waals surface area contributed by atoms with Crippen molar-refractivity contribution in [2.75, 3.05) is 11.1 Å². The molecule has 0 fully saturated rings. The number of nitrogen functional groups attached to an aromatic ring is 1. The van der Waals surface area contributed by atoms with Gasteiger partial charge in [-0.15, -0.1) is 0 Å². The molecule has 0 aliphatic rings. The minimum absolute atomic E-state index is 0.339. The van der Waals surface area contributed by atoms with Crippen molar-refractivity contribution in [3.63, 3.8) is 0 Å². The second-order valence-electron chi connectivity index (χ2n) is 6.02. The highest BCUT2D eigenvalue weighted by Crippen LogP contribution is 2.23. The van der Waals surface area contributed by atoms with Gasteiger partial charge >= 0.3 is 0 Å². The van der Waals surface area contributed by atoms with E-state index in [1.165, 1.54) is 18.3 Å². The van der Waals surface area contributed by atoms with E-state index < -0.39 is 0 Å². The van der Waals surface area contributed by atoms with Crippen molar-refractivity contribution in [3.8, 4) is 23.1 Å². The van der Waals surface area contributed by atoms with E-state index in [2.05, 4.69) is 37.1 Å². The highest BCUT2D eigenvalue weighted by Gasteiger charge is 2.07. The van der Waals surface area contributed by atoms with Gasteiger partial charge in [-0.25, -0.2) is 14.4 Å². The molecular formula is C22H15FN6. The molecule has 6 nitrogen and oxygen atoms in total. The molecule has 3 heterocycles. The molecule has 0 saturated carbocycles. The summed E-state index contributed by atoms with van der Waals surface area (Å²) >= 11 is 0. The van der Waals surface area contributed by atoms with Gasteiger partial charge in [0, 0.05) is 35.9 Å². The molecule has 0 unspecified atom stereocenters. The highest BCUT2D eigenvalue weighted by molar-refractivity contribution is 5.71. The van der Waals surface area contributed by atoms with E-state index in [1.54, 1.807) is 12.4 Å². The van der Waals surface area contributed by atoms with Crippen molar-refractivity contribution in [2.45, 2.75) is 0 Å². The largest absolute Gasteiger partial charge is 0.383 e. The zero-order valence-electron chi connectivity index (χ0n) is 15.2. The summed E-state index contributed by atoms with van der Waals surface area (Å²) in [6.45, 7) is 0. The van der Waals surface area contributed by atoms with Gasteiger partial charge in [-0.05, 0) is 48.4 Å². The molecule has 0 aliphatic heterocycles. The predicted molar refractivity (Wildman–Crippen MR) is 110 cm³/mol. The second kappa shape index (κ2) is 8.15. The number of nitrogens with zero attached hydrogens (tertiary/aromatic N) is 4. The van der Waals surface area contributed by atoms with E-state index in [0.29, 0.717) is 28.7 Å². The fourth-order valence-corrected chi connectivity index (χ4v) is 2.55. The first kappa shape index (κ1) is 18.1. The van der Waals surface area contributed by atoms with Crippen molar-refractivity contribution in [3.05, 3.63) is 90.3 Å². The average molecular weight is 382 g/mol. The Kier molecular flexibility index (Phi) is 5.08. The van der Waals surface area contributed by atoms with Crippen LogP contribution in [0.25, 0.3) is 11.3 Å². The van der Waals surface area contributed by atoms with Crippen LogP contribution in [0.2, 0.25) is 0 Å². The van der Waals surface area contributed by atoms with Gasteiger partial charge in [0.1, 0.15) is 17.3 Å². The van der Waals surface area contributed by atoms with Crippen LogP contribution in [0.4, 0.5) is 21.8 Å². The van der Waals surface area contributed by atoms with Crippen LogP contribution >= 0.6 is 0 Å². The molecule has 0 bridgehead atoms. The highest BCUT2D eigenvalue weighted by atomic mass is 19.1. The molecule has 29 heavy (non-hydrogen) atoms. The fourth-order valence-electron chi connectivity index (χ4n) is 2.55. The summed E-state index contributed by atoms with van der Waals surface area (Å²) in [6, 6.07) is 15.5. The number of nitrogens with one attached hydrogen (secondary N) is 1. The van der Waals surface area contributed by atoms with Gasteiger partial charge in [-0.3, -0.25) is 4.98 Å². The first-order valence-corrected chi connectivity index (χ1v) is 8.72. The number of pyridine rings is 2. The van der Waals surface area contributed by atoms with Crippen LogP contribution in [-0.4, -0.2) is 19.9 Å². The molecule has 0 amide bonds. The van der Waals surface area contributed by atoms with Crippen LogP contribution in [0.15, 0.2) is 73.2 Å². The summed E-state index contributed by atoms with van der Waals surface area (Å²) < 4.78 is 13.2. The Morgan fingerprint density at radius 2 is 1.76 bits per heavy atom. The molecule has 4 rings (SSSR count). The predicted octanol–water partition coefficient (Wildman–Crippen LogP) is 3.80. The summed E-state index contributed by atoms with van der Waals surface area (Å²) in [4.78, 5) is 16.9. The van der Waals surface area contributed by atoms with Crippen LogP contribution in [-0.2, 0) is 0 Å². The van der Waals surface area contributed by atoms with E-state index in [-0.39, 0.29) is 5.82 Å². The maximum atomic E-state index is 13.2. The van der Waals surface area contributed by atoms with Gasteiger partial charge in [0.25, 0.3) is 0 Å². The summed E-state index contributed by atoms with van der Waals surface area (Å²) in [7, 11) is 0. The Balaban J connectivity index is 1.47. The first-order chi connectivity index (χ1) is 14.2. The minimum atomic E-state index is -0.364. The van der Waals surface area contributed by atoms with Crippen LogP contribution in [0.3, 0.4) is 0 Å². The SMILES string of the molecule is Nc1nc(Nc2ccc(C#Cc3cc(F)ccn3)cc2)ncc1-c1ccccn1. The van der Waals surface area contributed by atoms with Gasteiger partial charge < -0.3 is 11.1 Å². The number of rotatable bonds is 3. The van der Waals surface area contributed by atoms with Crippen LogP contribution < -0.4 is 11.1 Å². The summed E-state index contributed by atoms with van der Waals surface area (Å²) in [6.07, 6.45) is 4.71. The third-order valence-electron chi connectivity index (χ3n) is 3.96. The van der Waals surface area contributed by atoms with E-state index in [4.69, 9.17) is 5.73 Å². The topological polar surface area (TPSA) is 89.6 Å². The van der Waals surface area contributed by atoms with Gasteiger partial charge in [0.15, 0.2) is 0 Å². The lowest BCUT2D eigenvalue weighted by molar-refractivity contribution is 0.625. The van der Waals surface area contributed by atoms with Crippen molar-refractivity contribution in [1.29, 1.82) is 0 Å². The van der Waals surface area contributed by atoms with E-state index in [0.717, 1.165) is 11.3 Å². The van der Waals surface area contributed by atoms with Gasteiger partial charge in [-0.1, -0.05) is 12.0 Å². The Hall–Kier alpha value is -4.31. The van der Waals surface area contributed by atoms with Crippen molar-refractivity contribution in [1.82, 2.24) is 19.9 Å². The lowest BCUT2D eigenvalue weighted by Crippen LogP contribution is -2.02. The molecule has 0 spiro atoms. The fraction of sp³-hybridized carbons (Fsp3) is 0. The average Bonchev–Trinajstić information content (AvgIpc) is 2.74. The van der Waals surface area contributed by atoms with Crippen molar-refractivity contribution in [2.24, 2.45) is 0 Å². The van der Waals surface area contributed by atoms with Gasteiger partial charge in [-0.2, -0.15) is 4.98 Å². The summed E-state index contributed by atoms with van der Waals surface area (Å²) in [5.41, 5.74) is 9.38. The molecule has 4 aromatic rings. The van der Waals surface area contributed by atoms with Crippen molar-refractivity contribution < 1.29 is 4.39 Å². The maximum absolute atomic E-state index is 13.2. The molecule has 140 valence electrons. The minimum Gasteiger partial charge on any atom is -0.383 e. The van der Waals surface area contributed by atoms with Gasteiger partial charge in [0.2, 0.25) is 5.95 Å². The molecule has 1 aromatic carbocycles. The number of nitrogens with two attached hydrogens (primary N) is 1. The number of hydrogen-bond donors (Lipinski definition) is 2. The molecule has 3 aromatic heterocycles.